The number of benzene rings is 1. The molecule has 7 nitrogen and oxygen atoms in total. The van der Waals surface area contributed by atoms with Crippen molar-refractivity contribution in [2.24, 2.45) is 0 Å². The van der Waals surface area contributed by atoms with Crippen molar-refractivity contribution in [2.45, 2.75) is 25.9 Å². The lowest BCUT2D eigenvalue weighted by molar-refractivity contribution is 0.00573. The average molecular weight is 425 g/mol. The van der Waals surface area contributed by atoms with Gasteiger partial charge in [-0.3, -0.25) is 9.48 Å². The largest absolute Gasteiger partial charge is 0.462 e. The molecule has 8 heteroatoms. The van der Waals surface area contributed by atoms with Crippen LogP contribution < -0.4 is 10.9 Å². The van der Waals surface area contributed by atoms with Gasteiger partial charge in [-0.2, -0.15) is 5.10 Å². The lowest BCUT2D eigenvalue weighted by Crippen LogP contribution is -2.27. The zero-order chi connectivity index (χ0) is 21.1. The van der Waals surface area contributed by atoms with Crippen LogP contribution in [0.5, 0.6) is 0 Å². The molecule has 1 aliphatic heterocycles. The molecule has 156 valence electrons. The molecule has 0 bridgehead atoms. The van der Waals surface area contributed by atoms with Crippen LogP contribution in [0.25, 0.3) is 0 Å². The summed E-state index contributed by atoms with van der Waals surface area (Å²) in [6.45, 7) is 4.33. The van der Waals surface area contributed by atoms with E-state index >= 15 is 0 Å². The zero-order valence-corrected chi connectivity index (χ0v) is 17.9. The minimum Gasteiger partial charge on any atom is -0.462 e. The van der Waals surface area contributed by atoms with Crippen molar-refractivity contribution in [3.05, 3.63) is 81.5 Å². The van der Waals surface area contributed by atoms with E-state index in [1.165, 1.54) is 0 Å². The second-order valence-electron chi connectivity index (χ2n) is 7.33. The number of hydrogen-bond donors (Lipinski definition) is 0. The zero-order valence-electron chi connectivity index (χ0n) is 16.8. The van der Waals surface area contributed by atoms with Gasteiger partial charge in [-0.1, -0.05) is 24.3 Å². The molecule has 2 aromatic heterocycles. The first-order valence-corrected chi connectivity index (χ1v) is 10.5. The van der Waals surface area contributed by atoms with Crippen LogP contribution in [0.1, 0.15) is 40.0 Å². The first-order chi connectivity index (χ1) is 14.5. The quantitative estimate of drug-likeness (QED) is 0.427. The minimum atomic E-state index is -0.345. The van der Waals surface area contributed by atoms with Crippen LogP contribution in [0.3, 0.4) is 0 Å². The molecule has 1 atom stereocenters. The van der Waals surface area contributed by atoms with Crippen LogP contribution in [-0.4, -0.2) is 40.1 Å². The fraction of sp³-hybridized carbons (Fsp3) is 0.318. The van der Waals surface area contributed by atoms with Gasteiger partial charge in [0.05, 0.1) is 44.5 Å². The van der Waals surface area contributed by atoms with E-state index in [4.69, 9.17) is 9.47 Å². The predicted octanol–water partition coefficient (Wildman–Crippen LogP) is 1.93. The number of rotatable bonds is 7. The molecule has 0 aliphatic carbocycles. The van der Waals surface area contributed by atoms with Gasteiger partial charge in [0.15, 0.2) is 0 Å². The predicted molar refractivity (Wildman–Crippen MR) is 116 cm³/mol. The van der Waals surface area contributed by atoms with Gasteiger partial charge < -0.3 is 14.0 Å². The summed E-state index contributed by atoms with van der Waals surface area (Å²) in [5.41, 5.74) is 3.32. The van der Waals surface area contributed by atoms with Crippen LogP contribution in [-0.2, 0) is 22.6 Å². The van der Waals surface area contributed by atoms with Crippen molar-refractivity contribution in [2.75, 3.05) is 19.8 Å². The Kier molecular flexibility index (Phi) is 6.11. The third-order valence-corrected chi connectivity index (χ3v) is 5.38. The van der Waals surface area contributed by atoms with E-state index < -0.39 is 0 Å². The Labute approximate surface area is 176 Å². The highest BCUT2D eigenvalue weighted by Gasteiger charge is 2.29. The molecule has 3 aromatic rings. The Hall–Kier alpha value is -2.76. The van der Waals surface area contributed by atoms with E-state index in [0.29, 0.717) is 38.5 Å². The monoisotopic (exact) mass is 425 g/mol. The van der Waals surface area contributed by atoms with E-state index in [1.54, 1.807) is 34.5 Å². The second-order valence-corrected chi connectivity index (χ2v) is 7.99. The first kappa shape index (κ1) is 20.5. The van der Waals surface area contributed by atoms with E-state index in [2.05, 4.69) is 14.3 Å². The number of aromatic nitrogens is 3. The number of ether oxygens (including phenoxy) is 2. The Bertz CT molecular complexity index is 1100. The Balaban J connectivity index is 1.49. The molecule has 0 radical (unpaired) electrons. The minimum absolute atomic E-state index is 0.0270. The summed E-state index contributed by atoms with van der Waals surface area (Å²) in [7, 11) is 2.60. The third kappa shape index (κ3) is 4.53. The highest BCUT2D eigenvalue weighted by molar-refractivity contribution is 7.27. The number of nitrogens with zero attached hydrogens (tertiary/aromatic N) is 3. The van der Waals surface area contributed by atoms with Crippen molar-refractivity contribution in [1.29, 1.82) is 0 Å². The fourth-order valence-corrected chi connectivity index (χ4v) is 3.66. The number of hydrogen-bond acceptors (Lipinski definition) is 5. The summed E-state index contributed by atoms with van der Waals surface area (Å²) in [5.74, 6) is -0.207. The van der Waals surface area contributed by atoms with Gasteiger partial charge in [0, 0.05) is 18.5 Å². The molecule has 0 saturated carbocycles. The van der Waals surface area contributed by atoms with E-state index in [1.807, 2.05) is 30.5 Å². The van der Waals surface area contributed by atoms with Gasteiger partial charge in [0.2, 0.25) is 0 Å². The van der Waals surface area contributed by atoms with Gasteiger partial charge in [-0.25, -0.2) is 4.79 Å². The third-order valence-electron chi connectivity index (χ3n) is 5.04. The van der Waals surface area contributed by atoms with Crippen molar-refractivity contribution >= 4 is 20.5 Å². The number of carbonyl (C=O) groups is 1. The molecule has 0 N–H and O–H groups in total. The maximum absolute atomic E-state index is 12.3. The van der Waals surface area contributed by atoms with Crippen LogP contribution in [0, 0.1) is 0 Å². The highest BCUT2D eigenvalue weighted by atomic mass is 31.0. The normalized spacial score (nSPS) is 13.8. The van der Waals surface area contributed by atoms with Crippen LogP contribution in [0.2, 0.25) is 0 Å². The first-order valence-electron chi connectivity index (χ1n) is 9.89. The average Bonchev–Trinajstić information content (AvgIpc) is 3.08. The second kappa shape index (κ2) is 8.94. The van der Waals surface area contributed by atoms with E-state index in [-0.39, 0.29) is 17.4 Å². The van der Waals surface area contributed by atoms with Crippen molar-refractivity contribution in [3.63, 3.8) is 0 Å². The van der Waals surface area contributed by atoms with E-state index in [9.17, 15) is 9.59 Å². The molecule has 1 fully saturated rings. The molecule has 1 unspecified atom stereocenters. The number of pyridine rings is 1. The smallest absolute Gasteiger partial charge is 0.341 e. The van der Waals surface area contributed by atoms with Crippen LogP contribution in [0.4, 0.5) is 0 Å². The van der Waals surface area contributed by atoms with Crippen molar-refractivity contribution in [1.82, 2.24) is 14.3 Å². The molecule has 1 saturated heterocycles. The van der Waals surface area contributed by atoms with Gasteiger partial charge in [0.25, 0.3) is 5.56 Å². The number of esters is 1. The standard InChI is InChI=1S/C22H24N3O4P/c1-2-29-22(27)19-12-25(23-21(19)17-13-28-14-17)10-16-5-3-15(4-6-16)9-24-11-18(30)7-8-20(24)26/h3-8,11-12,17H,2,9-10,13-14,30H2,1H3. The molecule has 1 aliphatic rings. The molecule has 3 heterocycles. The Morgan fingerprint density at radius 2 is 1.83 bits per heavy atom. The molecular formula is C22H24N3O4P. The van der Waals surface area contributed by atoms with Crippen molar-refractivity contribution in [3.8, 4) is 0 Å². The molecular weight excluding hydrogens is 401 g/mol. The van der Waals surface area contributed by atoms with E-state index in [0.717, 1.165) is 22.1 Å². The highest BCUT2D eigenvalue weighted by Crippen LogP contribution is 2.26. The molecule has 4 rings (SSSR count). The topological polar surface area (TPSA) is 75.4 Å². The summed E-state index contributed by atoms with van der Waals surface area (Å²) in [4.78, 5) is 24.3. The van der Waals surface area contributed by atoms with Crippen LogP contribution >= 0.6 is 9.24 Å². The summed E-state index contributed by atoms with van der Waals surface area (Å²) >= 11 is 0. The lowest BCUT2D eigenvalue weighted by Gasteiger charge is -2.24. The lowest BCUT2D eigenvalue weighted by atomic mass is 10.0. The summed E-state index contributed by atoms with van der Waals surface area (Å²) in [5, 5.41) is 5.60. The maximum atomic E-state index is 12.3. The Morgan fingerprint density at radius 1 is 1.13 bits per heavy atom. The van der Waals surface area contributed by atoms with Gasteiger partial charge in [-0.05, 0) is 29.4 Å². The summed E-state index contributed by atoms with van der Waals surface area (Å²) < 4.78 is 13.9. The SMILES string of the molecule is CCOC(=O)c1cn(Cc2ccc(Cn3cc(P)ccc3=O)cc2)nc1C1COC1. The van der Waals surface area contributed by atoms with Gasteiger partial charge >= 0.3 is 5.97 Å². The summed E-state index contributed by atoms with van der Waals surface area (Å²) in [6.07, 6.45) is 3.58. The molecule has 0 spiro atoms. The Morgan fingerprint density at radius 3 is 2.47 bits per heavy atom. The van der Waals surface area contributed by atoms with Gasteiger partial charge in [0.1, 0.15) is 5.56 Å². The number of carbonyl (C=O) groups excluding carboxylic acids is 1. The van der Waals surface area contributed by atoms with Gasteiger partial charge in [-0.15, -0.1) is 9.24 Å². The molecule has 0 amide bonds. The molecule has 1 aromatic carbocycles. The maximum Gasteiger partial charge on any atom is 0.341 e. The fourth-order valence-electron chi connectivity index (χ4n) is 3.39. The van der Waals surface area contributed by atoms with Crippen molar-refractivity contribution < 1.29 is 14.3 Å². The van der Waals surface area contributed by atoms with Crippen LogP contribution in [0.15, 0.2) is 53.6 Å². The molecule has 30 heavy (non-hydrogen) atoms. The summed E-state index contributed by atoms with van der Waals surface area (Å²) in [6, 6.07) is 11.4.